The maximum Gasteiger partial charge on any atom is 0.414 e. The molecule has 0 aliphatic carbocycles. The largest absolute Gasteiger partial charge is 0.447 e. The van der Waals surface area contributed by atoms with Gasteiger partial charge < -0.3 is 4.74 Å². The highest BCUT2D eigenvalue weighted by atomic mass is 16.6. The van der Waals surface area contributed by atoms with E-state index < -0.39 is 6.09 Å². The smallest absolute Gasteiger partial charge is 0.414 e. The molecule has 6 heteroatoms. The normalized spacial score (nSPS) is 14.6. The van der Waals surface area contributed by atoms with E-state index in [4.69, 9.17) is 4.74 Å². The predicted octanol–water partition coefficient (Wildman–Crippen LogP) is 0.934. The lowest BCUT2D eigenvalue weighted by atomic mass is 10.2. The molecule has 0 aromatic heterocycles. The summed E-state index contributed by atoms with van der Waals surface area (Å²) in [6, 6.07) is 6.70. The number of rotatable bonds is 3. The van der Waals surface area contributed by atoms with Crippen LogP contribution in [0.5, 0.6) is 0 Å². The van der Waals surface area contributed by atoms with E-state index in [1.165, 1.54) is 12.0 Å². The molecule has 1 aliphatic rings. The molecule has 17 heavy (non-hydrogen) atoms. The minimum absolute atomic E-state index is 0.359. The molecule has 1 saturated heterocycles. The minimum Gasteiger partial charge on any atom is -0.447 e. The molecule has 1 aromatic rings. The van der Waals surface area contributed by atoms with Crippen molar-refractivity contribution in [2.45, 2.75) is 0 Å². The topological polar surface area (TPSA) is 67.9 Å². The summed E-state index contributed by atoms with van der Waals surface area (Å²) in [5, 5.41) is 0. The number of benzene rings is 1. The molecule has 1 fully saturated rings. The first kappa shape index (κ1) is 11.4. The fourth-order valence-electron chi connectivity index (χ4n) is 1.59. The van der Waals surface area contributed by atoms with Crippen molar-refractivity contribution >= 4 is 17.7 Å². The first-order valence-electron chi connectivity index (χ1n) is 5.10. The van der Waals surface area contributed by atoms with Crippen LogP contribution in [0.3, 0.4) is 0 Å². The average Bonchev–Trinajstić information content (AvgIpc) is 2.76. The second-order valence-corrected chi connectivity index (χ2v) is 3.45. The molecular weight excluding hydrogens is 224 g/mol. The van der Waals surface area contributed by atoms with E-state index in [1.807, 2.05) is 0 Å². The van der Waals surface area contributed by atoms with E-state index >= 15 is 0 Å². The van der Waals surface area contributed by atoms with Crippen LogP contribution >= 0.6 is 0 Å². The molecule has 1 heterocycles. The third-order valence-electron chi connectivity index (χ3n) is 2.38. The van der Waals surface area contributed by atoms with Gasteiger partial charge in [0, 0.05) is 11.3 Å². The van der Waals surface area contributed by atoms with E-state index in [0.717, 1.165) is 0 Å². The summed E-state index contributed by atoms with van der Waals surface area (Å²) in [4.78, 5) is 28.9. The Hall–Kier alpha value is -2.08. The number of anilines is 1. The Morgan fingerprint density at radius 1 is 1.53 bits per heavy atom. The Kier molecular flexibility index (Phi) is 3.24. The van der Waals surface area contributed by atoms with Crippen molar-refractivity contribution in [2.75, 3.05) is 25.2 Å². The van der Waals surface area contributed by atoms with Crippen LogP contribution in [-0.2, 0) is 9.57 Å². The summed E-state index contributed by atoms with van der Waals surface area (Å²) in [5.74, 6) is -0.359. The van der Waals surface area contributed by atoms with E-state index in [-0.39, 0.29) is 5.91 Å². The summed E-state index contributed by atoms with van der Waals surface area (Å²) in [5.41, 5.74) is 3.27. The summed E-state index contributed by atoms with van der Waals surface area (Å²) in [6.07, 6.45) is -0.394. The van der Waals surface area contributed by atoms with Gasteiger partial charge in [-0.15, -0.1) is 0 Å². The maximum atomic E-state index is 11.5. The van der Waals surface area contributed by atoms with Crippen molar-refractivity contribution in [3.63, 3.8) is 0 Å². The number of hydrogen-bond acceptors (Lipinski definition) is 4. The van der Waals surface area contributed by atoms with Gasteiger partial charge in [-0.2, -0.15) is 0 Å². The van der Waals surface area contributed by atoms with Gasteiger partial charge in [-0.05, 0) is 18.2 Å². The number of amides is 2. The second-order valence-electron chi connectivity index (χ2n) is 3.45. The molecule has 1 aliphatic heterocycles. The number of carbonyl (C=O) groups excluding carboxylic acids is 2. The van der Waals surface area contributed by atoms with Gasteiger partial charge in [0.1, 0.15) is 6.61 Å². The molecule has 6 nitrogen and oxygen atoms in total. The highest BCUT2D eigenvalue weighted by molar-refractivity contribution is 5.96. The summed E-state index contributed by atoms with van der Waals surface area (Å²) >= 11 is 0. The Bertz CT molecular complexity index is 447. The van der Waals surface area contributed by atoms with E-state index in [9.17, 15) is 9.59 Å². The Morgan fingerprint density at radius 3 is 3.00 bits per heavy atom. The zero-order chi connectivity index (χ0) is 12.3. The van der Waals surface area contributed by atoms with Crippen LogP contribution < -0.4 is 10.4 Å². The Labute approximate surface area is 98.1 Å². The average molecular weight is 236 g/mol. The summed E-state index contributed by atoms with van der Waals surface area (Å²) in [7, 11) is 1.36. The third kappa shape index (κ3) is 2.36. The molecule has 0 saturated carbocycles. The van der Waals surface area contributed by atoms with Crippen LogP contribution in [0.15, 0.2) is 24.3 Å². The van der Waals surface area contributed by atoms with Crippen molar-refractivity contribution in [3.8, 4) is 0 Å². The lowest BCUT2D eigenvalue weighted by molar-refractivity contribution is 0.0537. The molecule has 0 atom stereocenters. The van der Waals surface area contributed by atoms with Crippen molar-refractivity contribution in [2.24, 2.45) is 0 Å². The molecular formula is C11H12N2O4. The quantitative estimate of drug-likeness (QED) is 0.793. The van der Waals surface area contributed by atoms with E-state index in [2.05, 4.69) is 10.3 Å². The van der Waals surface area contributed by atoms with Gasteiger partial charge in [0.2, 0.25) is 0 Å². The molecule has 0 spiro atoms. The minimum atomic E-state index is -0.394. The lowest BCUT2D eigenvalue weighted by Crippen LogP contribution is -2.25. The number of hydrogen-bond donors (Lipinski definition) is 1. The Balaban J connectivity index is 2.22. The Morgan fingerprint density at radius 2 is 2.35 bits per heavy atom. The van der Waals surface area contributed by atoms with E-state index in [0.29, 0.717) is 24.4 Å². The van der Waals surface area contributed by atoms with E-state index in [1.54, 1.807) is 24.3 Å². The van der Waals surface area contributed by atoms with Gasteiger partial charge in [-0.3, -0.25) is 14.5 Å². The van der Waals surface area contributed by atoms with Crippen LogP contribution in [-0.4, -0.2) is 32.3 Å². The number of hydroxylamine groups is 1. The zero-order valence-corrected chi connectivity index (χ0v) is 9.30. The lowest BCUT2D eigenvalue weighted by Gasteiger charge is -2.13. The fourth-order valence-corrected chi connectivity index (χ4v) is 1.59. The standard InChI is InChI=1S/C11H12N2O4/c1-16-12-10(14)8-3-2-4-9(7-8)13-5-6-17-11(13)15/h2-4,7H,5-6H2,1H3,(H,12,14). The van der Waals surface area contributed by atoms with Gasteiger partial charge in [0.15, 0.2) is 0 Å². The van der Waals surface area contributed by atoms with Gasteiger partial charge >= 0.3 is 6.09 Å². The number of carbonyl (C=O) groups is 2. The van der Waals surface area contributed by atoms with Crippen LogP contribution in [0.1, 0.15) is 10.4 Å². The van der Waals surface area contributed by atoms with Crippen LogP contribution in [0, 0.1) is 0 Å². The number of ether oxygens (including phenoxy) is 1. The van der Waals surface area contributed by atoms with Crippen molar-refractivity contribution < 1.29 is 19.2 Å². The molecule has 1 aromatic carbocycles. The molecule has 2 rings (SSSR count). The van der Waals surface area contributed by atoms with Gasteiger partial charge in [0.25, 0.3) is 5.91 Å². The highest BCUT2D eigenvalue weighted by Gasteiger charge is 2.23. The molecule has 0 bridgehead atoms. The second kappa shape index (κ2) is 4.84. The first-order chi connectivity index (χ1) is 8.22. The predicted molar refractivity (Wildman–Crippen MR) is 59.6 cm³/mol. The van der Waals surface area contributed by atoms with Crippen molar-refractivity contribution in [1.29, 1.82) is 0 Å². The zero-order valence-electron chi connectivity index (χ0n) is 9.30. The number of nitrogens with one attached hydrogen (secondary N) is 1. The molecule has 2 amide bonds. The van der Waals surface area contributed by atoms with Crippen LogP contribution in [0.4, 0.5) is 10.5 Å². The fraction of sp³-hybridized carbons (Fsp3) is 0.273. The van der Waals surface area contributed by atoms with Gasteiger partial charge in [0.05, 0.1) is 13.7 Å². The highest BCUT2D eigenvalue weighted by Crippen LogP contribution is 2.19. The summed E-state index contributed by atoms with van der Waals surface area (Å²) < 4.78 is 4.83. The monoisotopic (exact) mass is 236 g/mol. The van der Waals surface area contributed by atoms with Crippen LogP contribution in [0.2, 0.25) is 0 Å². The molecule has 0 radical (unpaired) electrons. The van der Waals surface area contributed by atoms with Crippen molar-refractivity contribution in [3.05, 3.63) is 29.8 Å². The molecule has 0 unspecified atom stereocenters. The first-order valence-corrected chi connectivity index (χ1v) is 5.10. The number of nitrogens with zero attached hydrogens (tertiary/aromatic N) is 1. The van der Waals surface area contributed by atoms with Crippen LogP contribution in [0.25, 0.3) is 0 Å². The molecule has 90 valence electrons. The molecule has 1 N–H and O–H groups in total. The van der Waals surface area contributed by atoms with Gasteiger partial charge in [-0.25, -0.2) is 10.3 Å². The number of cyclic esters (lactones) is 1. The van der Waals surface area contributed by atoms with Crippen molar-refractivity contribution in [1.82, 2.24) is 5.48 Å². The SMILES string of the molecule is CONC(=O)c1cccc(N2CCOC2=O)c1. The third-order valence-corrected chi connectivity index (χ3v) is 2.38. The maximum absolute atomic E-state index is 11.5. The van der Waals surface area contributed by atoms with Gasteiger partial charge in [-0.1, -0.05) is 6.07 Å². The summed E-state index contributed by atoms with van der Waals surface area (Å²) in [6.45, 7) is 0.863.